The number of fused-ring (bicyclic) bond motifs is 2. The highest BCUT2D eigenvalue weighted by molar-refractivity contribution is 5.81. The summed E-state index contributed by atoms with van der Waals surface area (Å²) in [5.41, 5.74) is 4.46. The number of nitrogens with one attached hydrogen (secondary N) is 2. The molecule has 7 heteroatoms. The van der Waals surface area contributed by atoms with Crippen LogP contribution in [0.2, 0.25) is 0 Å². The minimum atomic E-state index is -0.119. The van der Waals surface area contributed by atoms with Crippen molar-refractivity contribution >= 4 is 27.7 Å². The molecule has 7 nitrogen and oxygen atoms in total. The van der Waals surface area contributed by atoms with Crippen LogP contribution in [0.4, 0.5) is 5.69 Å². The molecule has 154 valence electrons. The normalized spacial score (nSPS) is 11.1. The Morgan fingerprint density at radius 2 is 1.94 bits per heavy atom. The third-order valence-electron chi connectivity index (χ3n) is 5.00. The standard InChI is InChI=1S/C24H20N4O3/c1-2-30-19-4-5-20-16(12-19)11-17(23(29)27-20)14-26-18-3-6-22-21(13-18)28-24(31-22)15-7-9-25-10-8-15/h3-13,26H,2,14H2,1H3,(H,27,29). The van der Waals surface area contributed by atoms with Crippen LogP contribution in [0, 0.1) is 0 Å². The topological polar surface area (TPSA) is 93.0 Å². The molecule has 3 aromatic heterocycles. The zero-order valence-electron chi connectivity index (χ0n) is 16.9. The Morgan fingerprint density at radius 3 is 2.77 bits per heavy atom. The Kier molecular flexibility index (Phi) is 4.84. The summed E-state index contributed by atoms with van der Waals surface area (Å²) in [6, 6.07) is 16.9. The molecular formula is C24H20N4O3. The fourth-order valence-electron chi connectivity index (χ4n) is 3.47. The quantitative estimate of drug-likeness (QED) is 0.418. The predicted octanol–water partition coefficient (Wildman–Crippen LogP) is 4.74. The van der Waals surface area contributed by atoms with Crippen molar-refractivity contribution in [1.29, 1.82) is 0 Å². The van der Waals surface area contributed by atoms with E-state index in [4.69, 9.17) is 9.15 Å². The molecule has 0 fully saturated rings. The van der Waals surface area contributed by atoms with Crippen LogP contribution >= 0.6 is 0 Å². The highest BCUT2D eigenvalue weighted by Gasteiger charge is 2.09. The minimum Gasteiger partial charge on any atom is -0.494 e. The van der Waals surface area contributed by atoms with Crippen LogP contribution in [-0.4, -0.2) is 21.6 Å². The van der Waals surface area contributed by atoms with Gasteiger partial charge in [-0.15, -0.1) is 0 Å². The smallest absolute Gasteiger partial charge is 0.253 e. The van der Waals surface area contributed by atoms with E-state index in [0.29, 0.717) is 30.2 Å². The number of hydrogen-bond acceptors (Lipinski definition) is 6. The Bertz CT molecular complexity index is 1420. The lowest BCUT2D eigenvalue weighted by molar-refractivity contribution is 0.340. The van der Waals surface area contributed by atoms with Gasteiger partial charge in [0, 0.05) is 46.7 Å². The molecule has 0 saturated carbocycles. The highest BCUT2D eigenvalue weighted by atomic mass is 16.5. The lowest BCUT2D eigenvalue weighted by Gasteiger charge is -2.08. The maximum Gasteiger partial charge on any atom is 0.253 e. The highest BCUT2D eigenvalue weighted by Crippen LogP contribution is 2.26. The van der Waals surface area contributed by atoms with Crippen LogP contribution < -0.4 is 15.6 Å². The summed E-state index contributed by atoms with van der Waals surface area (Å²) < 4.78 is 11.4. The Labute approximate surface area is 177 Å². The number of rotatable bonds is 6. The van der Waals surface area contributed by atoms with E-state index in [1.54, 1.807) is 12.4 Å². The summed E-state index contributed by atoms with van der Waals surface area (Å²) in [5.74, 6) is 1.33. The molecule has 31 heavy (non-hydrogen) atoms. The van der Waals surface area contributed by atoms with Crippen LogP contribution in [-0.2, 0) is 6.54 Å². The van der Waals surface area contributed by atoms with Gasteiger partial charge in [-0.25, -0.2) is 4.98 Å². The number of H-pyrrole nitrogens is 1. The van der Waals surface area contributed by atoms with Gasteiger partial charge in [0.1, 0.15) is 11.3 Å². The summed E-state index contributed by atoms with van der Waals surface area (Å²) in [6.07, 6.45) is 3.41. The van der Waals surface area contributed by atoms with Gasteiger partial charge in [-0.3, -0.25) is 9.78 Å². The largest absolute Gasteiger partial charge is 0.494 e. The second-order valence-corrected chi connectivity index (χ2v) is 7.10. The minimum absolute atomic E-state index is 0.119. The number of ether oxygens (including phenoxy) is 1. The molecule has 0 aliphatic carbocycles. The van der Waals surface area contributed by atoms with E-state index in [2.05, 4.69) is 20.3 Å². The molecule has 0 saturated heterocycles. The number of anilines is 1. The van der Waals surface area contributed by atoms with Crippen LogP contribution in [0.25, 0.3) is 33.5 Å². The number of aromatic amines is 1. The van der Waals surface area contributed by atoms with Gasteiger partial charge in [-0.2, -0.15) is 0 Å². The van der Waals surface area contributed by atoms with Crippen molar-refractivity contribution in [2.75, 3.05) is 11.9 Å². The Hall–Kier alpha value is -4.13. The van der Waals surface area contributed by atoms with E-state index >= 15 is 0 Å². The zero-order valence-corrected chi connectivity index (χ0v) is 16.9. The first kappa shape index (κ1) is 18.9. The second kappa shape index (κ2) is 7.95. The fraction of sp³-hybridized carbons (Fsp3) is 0.125. The van der Waals surface area contributed by atoms with Gasteiger partial charge in [0.25, 0.3) is 5.56 Å². The van der Waals surface area contributed by atoms with Gasteiger partial charge in [-0.1, -0.05) is 0 Å². The molecule has 0 atom stereocenters. The first-order chi connectivity index (χ1) is 15.2. The molecule has 2 N–H and O–H groups in total. The van der Waals surface area contributed by atoms with Gasteiger partial charge < -0.3 is 19.5 Å². The number of nitrogens with zero attached hydrogens (tertiary/aromatic N) is 2. The maximum atomic E-state index is 12.5. The van der Waals surface area contributed by atoms with Gasteiger partial charge in [0.05, 0.1) is 6.61 Å². The molecule has 2 aromatic carbocycles. The molecule has 0 bridgehead atoms. The molecular weight excluding hydrogens is 392 g/mol. The number of hydrogen-bond donors (Lipinski definition) is 2. The van der Waals surface area contributed by atoms with E-state index in [1.807, 2.05) is 61.5 Å². The van der Waals surface area contributed by atoms with Crippen molar-refractivity contribution in [1.82, 2.24) is 15.0 Å². The van der Waals surface area contributed by atoms with E-state index in [0.717, 1.165) is 33.4 Å². The third-order valence-corrected chi connectivity index (χ3v) is 5.00. The van der Waals surface area contributed by atoms with Crippen molar-refractivity contribution in [3.8, 4) is 17.2 Å². The van der Waals surface area contributed by atoms with Crippen LogP contribution in [0.5, 0.6) is 5.75 Å². The third kappa shape index (κ3) is 3.85. The molecule has 3 heterocycles. The second-order valence-electron chi connectivity index (χ2n) is 7.10. The summed E-state index contributed by atoms with van der Waals surface area (Å²) >= 11 is 0. The van der Waals surface area contributed by atoms with Gasteiger partial charge in [0.15, 0.2) is 5.58 Å². The zero-order chi connectivity index (χ0) is 21.2. The maximum absolute atomic E-state index is 12.5. The van der Waals surface area contributed by atoms with Crippen molar-refractivity contribution in [3.05, 3.63) is 82.9 Å². The summed E-state index contributed by atoms with van der Waals surface area (Å²) in [6.45, 7) is 2.92. The molecule has 0 aliphatic rings. The number of aromatic nitrogens is 3. The summed E-state index contributed by atoms with van der Waals surface area (Å²) in [4.78, 5) is 24.0. The van der Waals surface area contributed by atoms with E-state index in [9.17, 15) is 4.79 Å². The SMILES string of the molecule is CCOc1ccc2[nH]c(=O)c(CNc3ccc4oc(-c5ccncc5)nc4c3)cc2c1. The molecule has 5 aromatic rings. The van der Waals surface area contributed by atoms with E-state index in [1.165, 1.54) is 0 Å². The average molecular weight is 412 g/mol. The Morgan fingerprint density at radius 1 is 1.06 bits per heavy atom. The van der Waals surface area contributed by atoms with E-state index < -0.39 is 0 Å². The van der Waals surface area contributed by atoms with Crippen molar-refractivity contribution in [2.45, 2.75) is 13.5 Å². The molecule has 5 rings (SSSR count). The van der Waals surface area contributed by atoms with Gasteiger partial charge >= 0.3 is 0 Å². The summed E-state index contributed by atoms with van der Waals surface area (Å²) in [7, 11) is 0. The molecule has 0 spiro atoms. The molecule has 0 unspecified atom stereocenters. The number of pyridine rings is 2. The molecule has 0 aliphatic heterocycles. The van der Waals surface area contributed by atoms with Gasteiger partial charge in [-0.05, 0) is 61.5 Å². The van der Waals surface area contributed by atoms with Crippen LogP contribution in [0.1, 0.15) is 12.5 Å². The average Bonchev–Trinajstić information content (AvgIpc) is 3.22. The first-order valence-electron chi connectivity index (χ1n) is 10.0. The predicted molar refractivity (Wildman–Crippen MR) is 120 cm³/mol. The number of benzene rings is 2. The Balaban J connectivity index is 1.39. The van der Waals surface area contributed by atoms with Crippen molar-refractivity contribution in [2.24, 2.45) is 0 Å². The molecule has 0 amide bonds. The first-order valence-corrected chi connectivity index (χ1v) is 10.0. The van der Waals surface area contributed by atoms with Crippen molar-refractivity contribution < 1.29 is 9.15 Å². The fourth-order valence-corrected chi connectivity index (χ4v) is 3.47. The lowest BCUT2D eigenvalue weighted by Crippen LogP contribution is -2.15. The van der Waals surface area contributed by atoms with Crippen LogP contribution in [0.3, 0.4) is 0 Å². The monoisotopic (exact) mass is 412 g/mol. The van der Waals surface area contributed by atoms with Gasteiger partial charge in [0.2, 0.25) is 5.89 Å². The lowest BCUT2D eigenvalue weighted by atomic mass is 10.1. The number of oxazole rings is 1. The molecule has 0 radical (unpaired) electrons. The summed E-state index contributed by atoms with van der Waals surface area (Å²) in [5, 5.41) is 4.23. The van der Waals surface area contributed by atoms with E-state index in [-0.39, 0.29) is 5.56 Å². The van der Waals surface area contributed by atoms with Crippen LogP contribution in [0.15, 0.2) is 76.2 Å². The van der Waals surface area contributed by atoms with Crippen molar-refractivity contribution in [3.63, 3.8) is 0 Å².